The molecule has 2 aromatic rings. The molecule has 0 aliphatic heterocycles. The lowest BCUT2D eigenvalue weighted by molar-refractivity contribution is 0.0917. The molecule has 1 fully saturated rings. The van der Waals surface area contributed by atoms with Gasteiger partial charge in [0.2, 0.25) is 0 Å². The lowest BCUT2D eigenvalue weighted by Gasteiger charge is -2.29. The summed E-state index contributed by atoms with van der Waals surface area (Å²) in [5, 5.41) is 3.18. The minimum absolute atomic E-state index is 0.0244. The molecule has 116 valence electrons. The molecule has 1 aromatic carbocycles. The van der Waals surface area contributed by atoms with Crippen LogP contribution in [0.1, 0.15) is 47.7 Å². The van der Waals surface area contributed by atoms with Crippen LogP contribution in [-0.4, -0.2) is 16.5 Å². The van der Waals surface area contributed by atoms with E-state index in [-0.39, 0.29) is 5.91 Å². The maximum atomic E-state index is 12.3. The van der Waals surface area contributed by atoms with Crippen molar-refractivity contribution in [1.82, 2.24) is 9.88 Å². The molecule has 1 saturated carbocycles. The third-order valence-corrected chi connectivity index (χ3v) is 4.97. The Morgan fingerprint density at radius 3 is 2.45 bits per heavy atom. The van der Waals surface area contributed by atoms with Gasteiger partial charge in [-0.1, -0.05) is 30.3 Å². The van der Waals surface area contributed by atoms with Gasteiger partial charge in [0.1, 0.15) is 5.69 Å². The molecule has 0 spiro atoms. The highest BCUT2D eigenvalue weighted by atomic mass is 79.9. The second kappa shape index (κ2) is 6.69. The Morgan fingerprint density at radius 1 is 1.18 bits per heavy atom. The number of nitrogens with one attached hydrogen (secondary N) is 1. The molecule has 1 amide bonds. The number of hydrogen-bond acceptors (Lipinski definition) is 1. The van der Waals surface area contributed by atoms with Crippen LogP contribution in [0.25, 0.3) is 0 Å². The largest absolute Gasteiger partial charge is 0.348 e. The summed E-state index contributed by atoms with van der Waals surface area (Å²) in [4.78, 5) is 12.3. The van der Waals surface area contributed by atoms with Crippen LogP contribution in [0.15, 0.2) is 47.1 Å². The number of nitrogens with zero attached hydrogens (tertiary/aromatic N) is 1. The van der Waals surface area contributed by atoms with Crippen LogP contribution in [0.3, 0.4) is 0 Å². The Hall–Kier alpha value is -1.55. The average Bonchev–Trinajstić information content (AvgIpc) is 2.88. The fraction of sp³-hybridized carbons (Fsp3) is 0.389. The minimum Gasteiger partial charge on any atom is -0.348 e. The minimum atomic E-state index is 0.0244. The average molecular weight is 361 g/mol. The number of aryl methyl sites for hydroxylation is 1. The van der Waals surface area contributed by atoms with E-state index >= 15 is 0 Å². The molecular weight excluding hydrogens is 340 g/mol. The van der Waals surface area contributed by atoms with E-state index in [2.05, 4.69) is 51.6 Å². The van der Waals surface area contributed by atoms with Crippen LogP contribution in [0.5, 0.6) is 0 Å². The fourth-order valence-corrected chi connectivity index (χ4v) is 3.83. The maximum absolute atomic E-state index is 12.3. The van der Waals surface area contributed by atoms with Crippen LogP contribution in [0.2, 0.25) is 0 Å². The topological polar surface area (TPSA) is 34.0 Å². The van der Waals surface area contributed by atoms with Crippen molar-refractivity contribution in [3.05, 3.63) is 58.3 Å². The van der Waals surface area contributed by atoms with Crippen molar-refractivity contribution in [2.24, 2.45) is 7.05 Å². The van der Waals surface area contributed by atoms with E-state index in [4.69, 9.17) is 0 Å². The van der Waals surface area contributed by atoms with Gasteiger partial charge in [-0.2, -0.15) is 0 Å². The van der Waals surface area contributed by atoms with E-state index in [1.165, 1.54) is 5.56 Å². The van der Waals surface area contributed by atoms with Crippen LogP contribution < -0.4 is 5.32 Å². The molecular formula is C18H21BrN2O. The SMILES string of the molecule is Cn1cc(Br)cc1C(=O)NC1CCC(c2ccccc2)CC1. The van der Waals surface area contributed by atoms with E-state index < -0.39 is 0 Å². The van der Waals surface area contributed by atoms with Gasteiger partial charge in [0.25, 0.3) is 5.91 Å². The van der Waals surface area contributed by atoms with Crippen molar-refractivity contribution in [2.45, 2.75) is 37.6 Å². The summed E-state index contributed by atoms with van der Waals surface area (Å²) in [6.45, 7) is 0. The molecule has 1 aliphatic rings. The predicted octanol–water partition coefficient (Wildman–Crippen LogP) is 4.24. The second-order valence-corrected chi connectivity index (χ2v) is 7.00. The smallest absolute Gasteiger partial charge is 0.268 e. The molecule has 1 aromatic heterocycles. The Labute approximate surface area is 139 Å². The summed E-state index contributed by atoms with van der Waals surface area (Å²) >= 11 is 3.41. The number of rotatable bonds is 3. The molecule has 0 unspecified atom stereocenters. The van der Waals surface area contributed by atoms with Crippen LogP contribution in [0, 0.1) is 0 Å². The first-order valence-corrected chi connectivity index (χ1v) is 8.60. The van der Waals surface area contributed by atoms with Crippen LogP contribution in [-0.2, 0) is 7.05 Å². The van der Waals surface area contributed by atoms with Gasteiger partial charge in [-0.3, -0.25) is 4.79 Å². The Balaban J connectivity index is 1.56. The van der Waals surface area contributed by atoms with Crippen molar-refractivity contribution in [3.63, 3.8) is 0 Å². The van der Waals surface area contributed by atoms with Gasteiger partial charge in [-0.15, -0.1) is 0 Å². The first-order valence-electron chi connectivity index (χ1n) is 7.81. The molecule has 0 atom stereocenters. The van der Waals surface area contributed by atoms with Crippen molar-refractivity contribution in [3.8, 4) is 0 Å². The number of carbonyl (C=O) groups is 1. The van der Waals surface area contributed by atoms with E-state index in [9.17, 15) is 4.79 Å². The molecule has 22 heavy (non-hydrogen) atoms. The number of hydrogen-bond donors (Lipinski definition) is 1. The Kier molecular flexibility index (Phi) is 4.67. The van der Waals surface area contributed by atoms with Gasteiger partial charge in [-0.05, 0) is 59.2 Å². The predicted molar refractivity (Wildman–Crippen MR) is 92.0 cm³/mol. The number of halogens is 1. The van der Waals surface area contributed by atoms with Gasteiger partial charge in [0, 0.05) is 23.8 Å². The maximum Gasteiger partial charge on any atom is 0.268 e. The van der Waals surface area contributed by atoms with Gasteiger partial charge >= 0.3 is 0 Å². The third-order valence-electron chi connectivity index (χ3n) is 4.54. The van der Waals surface area contributed by atoms with Gasteiger partial charge in [0.05, 0.1) is 0 Å². The Bertz CT molecular complexity index is 642. The molecule has 3 rings (SSSR count). The fourth-order valence-electron chi connectivity index (χ4n) is 3.31. The standard InChI is InChI=1S/C18H21BrN2O/c1-21-12-15(19)11-17(21)18(22)20-16-9-7-14(8-10-16)13-5-3-2-4-6-13/h2-6,11-12,14,16H,7-10H2,1H3,(H,20,22). The molecule has 1 N–H and O–H groups in total. The van der Waals surface area contributed by atoms with Crippen molar-refractivity contribution in [2.75, 3.05) is 0 Å². The quantitative estimate of drug-likeness (QED) is 0.872. The summed E-state index contributed by atoms with van der Waals surface area (Å²) in [5.74, 6) is 0.662. The lowest BCUT2D eigenvalue weighted by atomic mass is 9.82. The normalized spacial score (nSPS) is 21.5. The van der Waals surface area contributed by atoms with E-state index in [1.807, 2.05) is 23.9 Å². The third kappa shape index (κ3) is 3.43. The van der Waals surface area contributed by atoms with Crippen molar-refractivity contribution < 1.29 is 4.79 Å². The van der Waals surface area contributed by atoms with Crippen molar-refractivity contribution in [1.29, 1.82) is 0 Å². The summed E-state index contributed by atoms with van der Waals surface area (Å²) in [6.07, 6.45) is 6.30. The van der Waals surface area contributed by atoms with Crippen molar-refractivity contribution >= 4 is 21.8 Å². The lowest BCUT2D eigenvalue weighted by Crippen LogP contribution is -2.38. The van der Waals surface area contributed by atoms with Gasteiger partial charge in [0.15, 0.2) is 0 Å². The zero-order valence-corrected chi connectivity index (χ0v) is 14.3. The summed E-state index contributed by atoms with van der Waals surface area (Å²) in [7, 11) is 1.89. The number of benzene rings is 1. The number of carbonyl (C=O) groups excluding carboxylic acids is 1. The van der Waals surface area contributed by atoms with Crippen LogP contribution in [0.4, 0.5) is 0 Å². The highest BCUT2D eigenvalue weighted by molar-refractivity contribution is 9.10. The van der Waals surface area contributed by atoms with Crippen LogP contribution >= 0.6 is 15.9 Å². The number of amides is 1. The molecule has 3 nitrogen and oxygen atoms in total. The first kappa shape index (κ1) is 15.3. The highest BCUT2D eigenvalue weighted by Crippen LogP contribution is 2.32. The van der Waals surface area contributed by atoms with E-state index in [0.717, 1.165) is 30.2 Å². The first-order chi connectivity index (χ1) is 10.6. The van der Waals surface area contributed by atoms with Gasteiger partial charge in [-0.25, -0.2) is 0 Å². The molecule has 0 radical (unpaired) electrons. The Morgan fingerprint density at radius 2 is 1.86 bits per heavy atom. The summed E-state index contributed by atoms with van der Waals surface area (Å²) < 4.78 is 2.79. The monoisotopic (exact) mass is 360 g/mol. The number of aromatic nitrogens is 1. The summed E-state index contributed by atoms with van der Waals surface area (Å²) in [6, 6.07) is 12.9. The molecule has 4 heteroatoms. The second-order valence-electron chi connectivity index (χ2n) is 6.09. The zero-order chi connectivity index (χ0) is 15.5. The van der Waals surface area contributed by atoms with E-state index in [0.29, 0.717) is 17.7 Å². The molecule has 0 saturated heterocycles. The molecule has 0 bridgehead atoms. The van der Waals surface area contributed by atoms with Gasteiger partial charge < -0.3 is 9.88 Å². The highest BCUT2D eigenvalue weighted by Gasteiger charge is 2.24. The summed E-state index contributed by atoms with van der Waals surface area (Å²) in [5.41, 5.74) is 2.13. The van der Waals surface area contributed by atoms with E-state index in [1.54, 1.807) is 0 Å². The molecule has 1 heterocycles. The molecule has 1 aliphatic carbocycles. The zero-order valence-electron chi connectivity index (χ0n) is 12.8.